The lowest BCUT2D eigenvalue weighted by Crippen LogP contribution is -2.52. The zero-order valence-corrected chi connectivity index (χ0v) is 23.5. The van der Waals surface area contributed by atoms with Crippen LogP contribution in [0.3, 0.4) is 0 Å². The molecule has 214 valence electrons. The molecule has 1 heterocycles. The highest BCUT2D eigenvalue weighted by Crippen LogP contribution is 2.41. The van der Waals surface area contributed by atoms with Crippen molar-refractivity contribution in [2.24, 2.45) is 17.8 Å². The summed E-state index contributed by atoms with van der Waals surface area (Å²) in [5, 5.41) is 3.04. The van der Waals surface area contributed by atoms with Gasteiger partial charge in [-0.25, -0.2) is 13.2 Å². The predicted molar refractivity (Wildman–Crippen MR) is 136 cm³/mol. The number of alkyl halides is 3. The van der Waals surface area contributed by atoms with Crippen LogP contribution >= 0.6 is 0 Å². The first-order chi connectivity index (χ1) is 17.4. The third-order valence-electron chi connectivity index (χ3n) is 7.10. The first kappa shape index (κ1) is 30.2. The Morgan fingerprint density at radius 3 is 2.39 bits per heavy atom. The fraction of sp³-hybridized carbons (Fsp3) is 0.692. The molecule has 2 aliphatic rings. The van der Waals surface area contributed by atoms with E-state index in [0.717, 1.165) is 12.1 Å². The SMILES string of the molecule is CC(C)CC(C(=O)N[C@H]1CC[C@@H]2CN(S(=O)(=O)c3cccc(C(F)(F)F)c3)CC21)N(C)C(=O)OC(C)(C)C. The lowest BCUT2D eigenvalue weighted by Gasteiger charge is -2.32. The minimum absolute atomic E-state index is 0.0204. The number of hydrogen-bond donors (Lipinski definition) is 1. The Labute approximate surface area is 222 Å². The van der Waals surface area contributed by atoms with Crippen molar-refractivity contribution in [1.29, 1.82) is 0 Å². The topological polar surface area (TPSA) is 96.0 Å². The third-order valence-corrected chi connectivity index (χ3v) is 8.92. The molecule has 2 amide bonds. The fourth-order valence-corrected chi connectivity index (χ4v) is 6.79. The quantitative estimate of drug-likeness (QED) is 0.529. The first-order valence-corrected chi connectivity index (χ1v) is 14.3. The van der Waals surface area contributed by atoms with Crippen LogP contribution in [0.4, 0.5) is 18.0 Å². The lowest BCUT2D eigenvalue weighted by atomic mass is 9.96. The number of ether oxygens (including phenoxy) is 1. The number of hydrogen-bond acceptors (Lipinski definition) is 5. The van der Waals surface area contributed by atoms with Crippen molar-refractivity contribution in [2.75, 3.05) is 20.1 Å². The second-order valence-electron chi connectivity index (χ2n) is 11.7. The van der Waals surface area contributed by atoms with Gasteiger partial charge in [0.05, 0.1) is 10.5 Å². The molecular weight excluding hydrogens is 523 g/mol. The highest BCUT2D eigenvalue weighted by molar-refractivity contribution is 7.89. The minimum atomic E-state index is -4.65. The summed E-state index contributed by atoms with van der Waals surface area (Å²) in [7, 11) is -2.61. The van der Waals surface area contributed by atoms with E-state index >= 15 is 0 Å². The number of nitrogens with one attached hydrogen (secondary N) is 1. The molecule has 1 aromatic carbocycles. The lowest BCUT2D eigenvalue weighted by molar-refractivity contribution is -0.137. The first-order valence-electron chi connectivity index (χ1n) is 12.8. The van der Waals surface area contributed by atoms with Gasteiger partial charge in [-0.05, 0) is 76.0 Å². The molecule has 0 bridgehead atoms. The summed E-state index contributed by atoms with van der Waals surface area (Å²) in [5.41, 5.74) is -1.74. The Bertz CT molecular complexity index is 1130. The maximum atomic E-state index is 13.4. The van der Waals surface area contributed by atoms with E-state index in [2.05, 4.69) is 5.32 Å². The standard InChI is InChI=1S/C26H38F3N3O5S/c1-16(2)12-22(31(6)24(34)37-25(3,4)5)23(33)30-21-11-10-17-14-32(15-20(17)21)38(35,36)19-9-7-8-18(13-19)26(27,28)29/h7-9,13,16-17,20-22H,10-12,14-15H2,1-6H3,(H,30,33)/t17-,20?,21+,22?/m1/s1. The van der Waals surface area contributed by atoms with Crippen LogP contribution in [0.15, 0.2) is 29.2 Å². The van der Waals surface area contributed by atoms with Gasteiger partial charge in [-0.2, -0.15) is 17.5 Å². The van der Waals surface area contributed by atoms with Gasteiger partial charge in [-0.15, -0.1) is 0 Å². The molecule has 2 unspecified atom stereocenters. The molecule has 0 radical (unpaired) electrons. The average molecular weight is 562 g/mol. The second-order valence-corrected chi connectivity index (χ2v) is 13.6. The molecule has 38 heavy (non-hydrogen) atoms. The van der Waals surface area contributed by atoms with Crippen LogP contribution in [0, 0.1) is 17.8 Å². The van der Waals surface area contributed by atoms with Crippen LogP contribution in [0.2, 0.25) is 0 Å². The van der Waals surface area contributed by atoms with Gasteiger partial charge in [0.1, 0.15) is 11.6 Å². The number of carbonyl (C=O) groups excluding carboxylic acids is 2. The van der Waals surface area contributed by atoms with E-state index in [1.165, 1.54) is 22.3 Å². The van der Waals surface area contributed by atoms with Crippen molar-refractivity contribution in [2.45, 2.75) is 82.6 Å². The van der Waals surface area contributed by atoms with E-state index in [9.17, 15) is 31.2 Å². The molecule has 2 fully saturated rings. The van der Waals surface area contributed by atoms with E-state index in [-0.39, 0.29) is 42.8 Å². The molecule has 3 rings (SSSR count). The van der Waals surface area contributed by atoms with Crippen molar-refractivity contribution in [3.05, 3.63) is 29.8 Å². The summed E-state index contributed by atoms with van der Waals surface area (Å²) < 4.78 is 72.5. The van der Waals surface area contributed by atoms with Gasteiger partial charge in [0.25, 0.3) is 0 Å². The maximum absolute atomic E-state index is 13.4. The zero-order chi connectivity index (χ0) is 28.6. The van der Waals surface area contributed by atoms with Gasteiger partial charge in [0, 0.05) is 26.2 Å². The van der Waals surface area contributed by atoms with Gasteiger partial charge >= 0.3 is 12.3 Å². The summed E-state index contributed by atoms with van der Waals surface area (Å²) in [4.78, 5) is 26.9. The molecule has 1 aromatic rings. The Hall–Kier alpha value is -2.34. The Kier molecular flexibility index (Phi) is 8.77. The monoisotopic (exact) mass is 561 g/mol. The number of sulfonamides is 1. The number of fused-ring (bicyclic) bond motifs is 1. The van der Waals surface area contributed by atoms with Gasteiger partial charge in [-0.1, -0.05) is 19.9 Å². The fourth-order valence-electron chi connectivity index (χ4n) is 5.21. The van der Waals surface area contributed by atoms with Crippen LogP contribution < -0.4 is 5.32 Å². The predicted octanol–water partition coefficient (Wildman–Crippen LogP) is 4.50. The molecule has 12 heteroatoms. The molecule has 0 aromatic heterocycles. The summed E-state index contributed by atoms with van der Waals surface area (Å²) >= 11 is 0. The molecule has 1 saturated carbocycles. The Morgan fingerprint density at radius 1 is 1.16 bits per heavy atom. The molecule has 4 atom stereocenters. The van der Waals surface area contributed by atoms with Gasteiger partial charge < -0.3 is 10.1 Å². The number of carbonyl (C=O) groups is 2. The molecule has 1 aliphatic carbocycles. The summed E-state index contributed by atoms with van der Waals surface area (Å²) in [6.45, 7) is 9.41. The molecule has 8 nitrogen and oxygen atoms in total. The van der Waals surface area contributed by atoms with Crippen LogP contribution in [0.1, 0.15) is 59.4 Å². The number of rotatable bonds is 7. The van der Waals surface area contributed by atoms with Crippen molar-refractivity contribution < 1.29 is 35.9 Å². The zero-order valence-electron chi connectivity index (χ0n) is 22.7. The molecule has 1 aliphatic heterocycles. The van der Waals surface area contributed by atoms with Crippen molar-refractivity contribution in [3.8, 4) is 0 Å². The Morgan fingerprint density at radius 2 is 1.82 bits per heavy atom. The summed E-state index contributed by atoms with van der Waals surface area (Å²) in [5.74, 6) is -0.414. The van der Waals surface area contributed by atoms with E-state index in [4.69, 9.17) is 4.74 Å². The van der Waals surface area contributed by atoms with Crippen molar-refractivity contribution >= 4 is 22.0 Å². The van der Waals surface area contributed by atoms with E-state index < -0.39 is 44.4 Å². The maximum Gasteiger partial charge on any atom is 0.416 e. The number of amides is 2. The minimum Gasteiger partial charge on any atom is -0.444 e. The smallest absolute Gasteiger partial charge is 0.416 e. The Balaban J connectivity index is 1.73. The van der Waals surface area contributed by atoms with E-state index in [1.807, 2.05) is 13.8 Å². The number of benzene rings is 1. The number of halogens is 3. The van der Waals surface area contributed by atoms with Crippen molar-refractivity contribution in [3.63, 3.8) is 0 Å². The summed E-state index contributed by atoms with van der Waals surface area (Å²) in [6, 6.07) is 2.68. The van der Waals surface area contributed by atoms with Gasteiger partial charge in [0.2, 0.25) is 15.9 Å². The molecule has 1 N–H and O–H groups in total. The highest BCUT2D eigenvalue weighted by Gasteiger charge is 2.47. The van der Waals surface area contributed by atoms with Crippen molar-refractivity contribution in [1.82, 2.24) is 14.5 Å². The second kappa shape index (κ2) is 11.0. The van der Waals surface area contributed by atoms with Crippen LogP contribution in [-0.2, 0) is 25.7 Å². The molecule has 1 saturated heterocycles. The largest absolute Gasteiger partial charge is 0.444 e. The van der Waals surface area contributed by atoms with Crippen LogP contribution in [0.25, 0.3) is 0 Å². The van der Waals surface area contributed by atoms with Crippen LogP contribution in [-0.4, -0.2) is 67.4 Å². The normalized spacial score (nSPS) is 23.3. The number of likely N-dealkylation sites (N-methyl/N-ethyl adjacent to an activating group) is 1. The van der Waals surface area contributed by atoms with Gasteiger partial charge in [-0.3, -0.25) is 9.69 Å². The average Bonchev–Trinajstić information content (AvgIpc) is 3.37. The summed E-state index contributed by atoms with van der Waals surface area (Å²) in [6.07, 6.45) is -3.51. The third kappa shape index (κ3) is 6.99. The van der Waals surface area contributed by atoms with Gasteiger partial charge in [0.15, 0.2) is 0 Å². The molecular formula is C26H38F3N3O5S. The van der Waals surface area contributed by atoms with E-state index in [1.54, 1.807) is 20.8 Å². The van der Waals surface area contributed by atoms with E-state index in [0.29, 0.717) is 25.3 Å². The molecule has 0 spiro atoms. The highest BCUT2D eigenvalue weighted by atomic mass is 32.2. The number of nitrogens with zero attached hydrogens (tertiary/aromatic N) is 2. The van der Waals surface area contributed by atoms with Crippen LogP contribution in [0.5, 0.6) is 0 Å².